The summed E-state index contributed by atoms with van der Waals surface area (Å²) >= 11 is 0. The van der Waals surface area contributed by atoms with Crippen molar-refractivity contribution in [2.75, 3.05) is 6.54 Å². The van der Waals surface area contributed by atoms with Gasteiger partial charge in [-0.25, -0.2) is 0 Å². The summed E-state index contributed by atoms with van der Waals surface area (Å²) in [5.41, 5.74) is 7.28. The maximum absolute atomic E-state index is 11.2. The number of esters is 1. The van der Waals surface area contributed by atoms with Crippen molar-refractivity contribution in [2.45, 2.75) is 20.3 Å². The second kappa shape index (κ2) is 4.77. The Morgan fingerprint density at radius 1 is 1.43 bits per heavy atom. The molecule has 0 fully saturated rings. The van der Waals surface area contributed by atoms with E-state index < -0.39 is 0 Å². The molecule has 0 aliphatic carbocycles. The summed E-state index contributed by atoms with van der Waals surface area (Å²) in [7, 11) is 0. The van der Waals surface area contributed by atoms with Crippen LogP contribution >= 0.6 is 0 Å². The van der Waals surface area contributed by atoms with Gasteiger partial charge in [0.1, 0.15) is 5.75 Å². The predicted molar refractivity (Wildman–Crippen MR) is 55.2 cm³/mol. The van der Waals surface area contributed by atoms with E-state index in [1.165, 1.54) is 0 Å². The molecule has 0 amide bonds. The summed E-state index contributed by atoms with van der Waals surface area (Å²) in [4.78, 5) is 11.2. The molecule has 0 bridgehead atoms. The molecular formula is C11H15NO2. The first-order valence-electron chi connectivity index (χ1n) is 4.61. The monoisotopic (exact) mass is 193 g/mol. The molecule has 0 radical (unpaired) electrons. The zero-order valence-electron chi connectivity index (χ0n) is 8.54. The third-order valence-corrected chi connectivity index (χ3v) is 1.92. The zero-order valence-corrected chi connectivity index (χ0v) is 8.54. The Bertz CT molecular complexity index is 334. The Balaban J connectivity index is 2.75. The molecule has 0 spiro atoms. The summed E-state index contributed by atoms with van der Waals surface area (Å²) in [6.07, 6.45) is 0.257. The third kappa shape index (κ3) is 2.85. The summed E-state index contributed by atoms with van der Waals surface area (Å²) in [6.45, 7) is 4.19. The van der Waals surface area contributed by atoms with Crippen LogP contribution in [0.4, 0.5) is 0 Å². The molecule has 0 heterocycles. The molecule has 0 atom stereocenters. The lowest BCUT2D eigenvalue weighted by molar-refractivity contribution is -0.134. The topological polar surface area (TPSA) is 52.3 Å². The van der Waals surface area contributed by atoms with Crippen LogP contribution in [-0.4, -0.2) is 12.5 Å². The van der Waals surface area contributed by atoms with Crippen molar-refractivity contribution in [2.24, 2.45) is 5.73 Å². The number of hydrogen-bond donors (Lipinski definition) is 1. The van der Waals surface area contributed by atoms with Crippen LogP contribution in [0.15, 0.2) is 18.2 Å². The van der Waals surface area contributed by atoms with Crippen LogP contribution in [0.3, 0.4) is 0 Å². The van der Waals surface area contributed by atoms with Crippen LogP contribution in [0.1, 0.15) is 17.5 Å². The zero-order chi connectivity index (χ0) is 10.6. The van der Waals surface area contributed by atoms with E-state index in [-0.39, 0.29) is 12.4 Å². The van der Waals surface area contributed by atoms with Crippen LogP contribution in [0.25, 0.3) is 0 Å². The van der Waals surface area contributed by atoms with Crippen molar-refractivity contribution in [1.82, 2.24) is 0 Å². The molecule has 0 aromatic heterocycles. The van der Waals surface area contributed by atoms with E-state index in [9.17, 15) is 4.79 Å². The second-order valence-corrected chi connectivity index (χ2v) is 3.28. The maximum atomic E-state index is 11.2. The van der Waals surface area contributed by atoms with Crippen LogP contribution < -0.4 is 10.5 Å². The van der Waals surface area contributed by atoms with E-state index in [2.05, 4.69) is 0 Å². The van der Waals surface area contributed by atoms with Crippen LogP contribution in [0, 0.1) is 13.8 Å². The third-order valence-electron chi connectivity index (χ3n) is 1.92. The summed E-state index contributed by atoms with van der Waals surface area (Å²) in [5, 5.41) is 0. The molecule has 0 unspecified atom stereocenters. The lowest BCUT2D eigenvalue weighted by Gasteiger charge is -2.07. The maximum Gasteiger partial charge on any atom is 0.312 e. The predicted octanol–water partition coefficient (Wildman–Crippen LogP) is 1.56. The van der Waals surface area contributed by atoms with Crippen LogP contribution in [0.5, 0.6) is 5.75 Å². The van der Waals surface area contributed by atoms with Crippen LogP contribution in [-0.2, 0) is 4.79 Å². The molecular weight excluding hydrogens is 178 g/mol. The summed E-state index contributed by atoms with van der Waals surface area (Å²) < 4.78 is 5.15. The number of carbonyl (C=O) groups is 1. The van der Waals surface area contributed by atoms with Gasteiger partial charge in [-0.3, -0.25) is 4.79 Å². The van der Waals surface area contributed by atoms with Gasteiger partial charge in [0.05, 0.1) is 6.42 Å². The summed E-state index contributed by atoms with van der Waals surface area (Å²) in [6, 6.07) is 5.76. The average Bonchev–Trinajstić information content (AvgIpc) is 2.12. The van der Waals surface area contributed by atoms with E-state index in [0.717, 1.165) is 11.1 Å². The first kappa shape index (κ1) is 10.7. The van der Waals surface area contributed by atoms with Crippen molar-refractivity contribution in [3.63, 3.8) is 0 Å². The lowest BCUT2D eigenvalue weighted by Crippen LogP contribution is -2.14. The van der Waals surface area contributed by atoms with Gasteiger partial charge in [0.25, 0.3) is 0 Å². The lowest BCUT2D eigenvalue weighted by atomic mass is 10.1. The van der Waals surface area contributed by atoms with E-state index in [4.69, 9.17) is 10.5 Å². The van der Waals surface area contributed by atoms with Gasteiger partial charge in [-0.2, -0.15) is 0 Å². The molecule has 14 heavy (non-hydrogen) atoms. The fourth-order valence-electron chi connectivity index (χ4n) is 1.11. The number of ether oxygens (including phenoxy) is 1. The molecule has 0 aliphatic heterocycles. The molecule has 2 N–H and O–H groups in total. The molecule has 0 aliphatic rings. The Morgan fingerprint density at radius 2 is 2.14 bits per heavy atom. The van der Waals surface area contributed by atoms with Gasteiger partial charge in [-0.1, -0.05) is 12.1 Å². The van der Waals surface area contributed by atoms with Gasteiger partial charge in [0.2, 0.25) is 0 Å². The van der Waals surface area contributed by atoms with Gasteiger partial charge in [0, 0.05) is 6.54 Å². The molecule has 76 valence electrons. The number of nitrogens with two attached hydrogens (primary N) is 1. The minimum absolute atomic E-state index is 0.257. The second-order valence-electron chi connectivity index (χ2n) is 3.28. The van der Waals surface area contributed by atoms with E-state index in [0.29, 0.717) is 12.3 Å². The molecule has 1 aromatic rings. The fourth-order valence-corrected chi connectivity index (χ4v) is 1.11. The van der Waals surface area contributed by atoms with E-state index in [1.54, 1.807) is 0 Å². The number of rotatable bonds is 3. The first-order valence-corrected chi connectivity index (χ1v) is 4.61. The van der Waals surface area contributed by atoms with Gasteiger partial charge < -0.3 is 10.5 Å². The van der Waals surface area contributed by atoms with Crippen LogP contribution in [0.2, 0.25) is 0 Å². The van der Waals surface area contributed by atoms with Crippen molar-refractivity contribution in [3.8, 4) is 5.75 Å². The summed E-state index contributed by atoms with van der Waals surface area (Å²) in [5.74, 6) is 0.352. The quantitative estimate of drug-likeness (QED) is 0.585. The Hall–Kier alpha value is -1.35. The largest absolute Gasteiger partial charge is 0.426 e. The molecule has 0 saturated heterocycles. The standard InChI is InChI=1S/C11H15NO2/c1-8-3-4-9(2)10(7-8)14-11(13)5-6-12/h3-4,7H,5-6,12H2,1-2H3. The van der Waals surface area contributed by atoms with E-state index in [1.807, 2.05) is 32.0 Å². The fraction of sp³-hybridized carbons (Fsp3) is 0.364. The van der Waals surface area contributed by atoms with Crippen molar-refractivity contribution in [3.05, 3.63) is 29.3 Å². The SMILES string of the molecule is Cc1ccc(C)c(OC(=O)CCN)c1. The number of benzene rings is 1. The van der Waals surface area contributed by atoms with Gasteiger partial charge in [0.15, 0.2) is 0 Å². The smallest absolute Gasteiger partial charge is 0.312 e. The van der Waals surface area contributed by atoms with Crippen molar-refractivity contribution < 1.29 is 9.53 Å². The van der Waals surface area contributed by atoms with E-state index >= 15 is 0 Å². The molecule has 1 rings (SSSR count). The Kier molecular flexibility index (Phi) is 3.65. The first-order chi connectivity index (χ1) is 6.63. The average molecular weight is 193 g/mol. The highest BCUT2D eigenvalue weighted by Gasteiger charge is 2.05. The van der Waals surface area contributed by atoms with Crippen molar-refractivity contribution in [1.29, 1.82) is 0 Å². The number of aryl methyl sites for hydroxylation is 2. The highest BCUT2D eigenvalue weighted by atomic mass is 16.5. The van der Waals surface area contributed by atoms with Gasteiger partial charge >= 0.3 is 5.97 Å². The van der Waals surface area contributed by atoms with Gasteiger partial charge in [-0.05, 0) is 31.0 Å². The molecule has 1 aromatic carbocycles. The highest BCUT2D eigenvalue weighted by Crippen LogP contribution is 2.19. The highest BCUT2D eigenvalue weighted by molar-refractivity contribution is 5.73. The minimum atomic E-state index is -0.277. The molecule has 3 nitrogen and oxygen atoms in total. The Labute approximate surface area is 83.9 Å². The normalized spacial score (nSPS) is 9.93. The minimum Gasteiger partial charge on any atom is -0.426 e. The number of hydrogen-bond acceptors (Lipinski definition) is 3. The number of carbonyl (C=O) groups excluding carboxylic acids is 1. The molecule has 3 heteroatoms. The van der Waals surface area contributed by atoms with Crippen molar-refractivity contribution >= 4 is 5.97 Å². The Morgan fingerprint density at radius 3 is 2.79 bits per heavy atom. The van der Waals surface area contributed by atoms with Gasteiger partial charge in [-0.15, -0.1) is 0 Å². The molecule has 0 saturated carbocycles.